The smallest absolute Gasteiger partial charge is 0.407 e. The first kappa shape index (κ1) is 22.4. The second-order valence-electron chi connectivity index (χ2n) is 9.51. The molecule has 0 radical (unpaired) electrons. The van der Waals surface area contributed by atoms with Gasteiger partial charge in [0.1, 0.15) is 6.61 Å². The Morgan fingerprint density at radius 3 is 2.35 bits per heavy atom. The maximum Gasteiger partial charge on any atom is 0.407 e. The molecule has 2 fully saturated rings. The summed E-state index contributed by atoms with van der Waals surface area (Å²) < 4.78 is 5.54. The van der Waals surface area contributed by atoms with Gasteiger partial charge in [0.2, 0.25) is 5.91 Å². The third-order valence-electron chi connectivity index (χ3n) is 7.27. The van der Waals surface area contributed by atoms with Crippen LogP contribution in [0.3, 0.4) is 0 Å². The number of carbonyl (C=O) groups is 3. The van der Waals surface area contributed by atoms with E-state index in [1.165, 1.54) is 16.0 Å². The fourth-order valence-electron chi connectivity index (χ4n) is 5.27. The number of aliphatic carboxylic acids is 1. The van der Waals surface area contributed by atoms with Crippen molar-refractivity contribution < 1.29 is 29.3 Å². The van der Waals surface area contributed by atoms with Gasteiger partial charge in [-0.05, 0) is 47.4 Å². The number of ether oxygens (including phenoxy) is 1. The number of rotatable bonds is 6. The van der Waals surface area contributed by atoms with Crippen molar-refractivity contribution in [3.8, 4) is 11.1 Å². The number of nitrogens with zero attached hydrogens (tertiary/aromatic N) is 1. The molecule has 1 aliphatic heterocycles. The lowest BCUT2D eigenvalue weighted by Crippen LogP contribution is -2.55. The molecule has 0 spiro atoms. The van der Waals surface area contributed by atoms with Crippen LogP contribution in [0, 0.1) is 11.8 Å². The highest BCUT2D eigenvalue weighted by molar-refractivity contribution is 5.84. The van der Waals surface area contributed by atoms with Crippen molar-refractivity contribution in [1.29, 1.82) is 0 Å². The molecule has 0 aromatic heterocycles. The van der Waals surface area contributed by atoms with Crippen molar-refractivity contribution >= 4 is 18.0 Å². The first-order valence-electron chi connectivity index (χ1n) is 11.7. The Balaban J connectivity index is 1.11. The summed E-state index contributed by atoms with van der Waals surface area (Å²) in [6.07, 6.45) is 0.705. The molecule has 8 heteroatoms. The minimum Gasteiger partial charge on any atom is -0.479 e. The van der Waals surface area contributed by atoms with E-state index in [-0.39, 0.29) is 43.2 Å². The van der Waals surface area contributed by atoms with Crippen molar-refractivity contribution in [1.82, 2.24) is 10.2 Å². The number of nitrogens with one attached hydrogen (secondary N) is 1. The Morgan fingerprint density at radius 1 is 1.06 bits per heavy atom. The second kappa shape index (κ2) is 8.76. The van der Waals surface area contributed by atoms with Gasteiger partial charge in [0, 0.05) is 24.9 Å². The summed E-state index contributed by atoms with van der Waals surface area (Å²) in [6.45, 7) is 0.806. The number of β-amino-alcohol motifs (C(OH)–C–C–N with tert-alkyl or cyclic N) is 1. The van der Waals surface area contributed by atoms with E-state index in [0.29, 0.717) is 25.9 Å². The summed E-state index contributed by atoms with van der Waals surface area (Å²) in [5, 5.41) is 22.2. The Labute approximate surface area is 197 Å². The third kappa shape index (κ3) is 4.14. The highest BCUT2D eigenvalue weighted by Gasteiger charge is 2.48. The van der Waals surface area contributed by atoms with Gasteiger partial charge in [-0.3, -0.25) is 4.79 Å². The SMILES string of the molecule is O=C(NCC1CC1C(=O)N1CCCC(O)(C(=O)O)C1)OCC1c2ccccc2-c2ccccc21. The fraction of sp³-hybridized carbons (Fsp3) is 0.423. The van der Waals surface area contributed by atoms with E-state index in [1.54, 1.807) is 0 Å². The van der Waals surface area contributed by atoms with Gasteiger partial charge in [0.15, 0.2) is 5.60 Å². The number of likely N-dealkylation sites (tertiary alicyclic amines) is 1. The molecule has 178 valence electrons. The van der Waals surface area contributed by atoms with Crippen LogP contribution in [0.4, 0.5) is 4.79 Å². The number of aliphatic hydroxyl groups is 1. The quantitative estimate of drug-likeness (QED) is 0.605. The maximum absolute atomic E-state index is 12.7. The number of hydrogen-bond acceptors (Lipinski definition) is 5. The summed E-state index contributed by atoms with van der Waals surface area (Å²) in [4.78, 5) is 37.9. The van der Waals surface area contributed by atoms with Gasteiger partial charge in [-0.1, -0.05) is 48.5 Å². The Kier molecular flexibility index (Phi) is 5.77. The molecule has 0 bridgehead atoms. The van der Waals surface area contributed by atoms with Crippen LogP contribution in [-0.4, -0.2) is 64.9 Å². The molecular formula is C26H28N2O6. The van der Waals surface area contributed by atoms with Gasteiger partial charge >= 0.3 is 12.1 Å². The van der Waals surface area contributed by atoms with E-state index in [9.17, 15) is 24.6 Å². The van der Waals surface area contributed by atoms with Crippen molar-refractivity contribution in [2.75, 3.05) is 26.2 Å². The van der Waals surface area contributed by atoms with Crippen LogP contribution in [0.15, 0.2) is 48.5 Å². The summed E-state index contributed by atoms with van der Waals surface area (Å²) in [5.74, 6) is -1.73. The fourth-order valence-corrected chi connectivity index (χ4v) is 5.27. The molecule has 34 heavy (non-hydrogen) atoms. The zero-order chi connectivity index (χ0) is 23.9. The summed E-state index contributed by atoms with van der Waals surface area (Å²) in [6, 6.07) is 16.3. The van der Waals surface area contributed by atoms with Crippen molar-refractivity contribution in [2.45, 2.75) is 30.8 Å². The van der Waals surface area contributed by atoms with E-state index in [0.717, 1.165) is 11.1 Å². The summed E-state index contributed by atoms with van der Waals surface area (Å²) >= 11 is 0. The molecule has 3 atom stereocenters. The third-order valence-corrected chi connectivity index (χ3v) is 7.27. The number of benzene rings is 2. The van der Waals surface area contributed by atoms with E-state index in [4.69, 9.17) is 4.74 Å². The molecule has 1 saturated carbocycles. The van der Waals surface area contributed by atoms with Gasteiger partial charge in [-0.2, -0.15) is 0 Å². The topological polar surface area (TPSA) is 116 Å². The first-order chi connectivity index (χ1) is 16.4. The van der Waals surface area contributed by atoms with Gasteiger partial charge < -0.3 is 25.2 Å². The van der Waals surface area contributed by atoms with Gasteiger partial charge in [-0.15, -0.1) is 0 Å². The van der Waals surface area contributed by atoms with Gasteiger partial charge in [0.05, 0.1) is 6.54 Å². The molecule has 5 rings (SSSR count). The minimum atomic E-state index is -1.88. The van der Waals surface area contributed by atoms with E-state index in [1.807, 2.05) is 24.3 Å². The first-order valence-corrected chi connectivity index (χ1v) is 11.7. The molecule has 3 N–H and O–H groups in total. The van der Waals surface area contributed by atoms with Crippen LogP contribution in [0.1, 0.15) is 36.3 Å². The summed E-state index contributed by atoms with van der Waals surface area (Å²) in [5.41, 5.74) is 2.75. The number of carbonyl (C=O) groups excluding carboxylic acids is 2. The van der Waals surface area contributed by atoms with Crippen molar-refractivity contribution in [2.24, 2.45) is 11.8 Å². The van der Waals surface area contributed by atoms with Crippen molar-refractivity contribution in [3.05, 3.63) is 59.7 Å². The Morgan fingerprint density at radius 2 is 1.71 bits per heavy atom. The van der Waals surface area contributed by atoms with Crippen LogP contribution in [0.2, 0.25) is 0 Å². The number of carboxylic acid groups (broad SMARTS) is 1. The molecule has 1 heterocycles. The number of fused-ring (bicyclic) bond motifs is 3. The van der Waals surface area contributed by atoms with Gasteiger partial charge in [0.25, 0.3) is 0 Å². The number of hydrogen-bond donors (Lipinski definition) is 3. The zero-order valence-corrected chi connectivity index (χ0v) is 18.8. The number of carboxylic acids is 1. The molecule has 2 aromatic carbocycles. The molecule has 1 saturated heterocycles. The lowest BCUT2D eigenvalue weighted by molar-refractivity contribution is -0.166. The Bertz CT molecular complexity index is 1090. The molecule has 2 aliphatic carbocycles. The Hall–Kier alpha value is -3.39. The van der Waals surface area contributed by atoms with Crippen LogP contribution in [-0.2, 0) is 14.3 Å². The van der Waals surface area contributed by atoms with Crippen molar-refractivity contribution in [3.63, 3.8) is 0 Å². The predicted molar refractivity (Wildman–Crippen MR) is 123 cm³/mol. The monoisotopic (exact) mass is 464 g/mol. The molecule has 3 aliphatic rings. The molecular weight excluding hydrogens is 436 g/mol. The number of alkyl carbamates (subject to hydrolysis) is 1. The summed E-state index contributed by atoms with van der Waals surface area (Å²) in [7, 11) is 0. The minimum absolute atomic E-state index is 0.00664. The predicted octanol–water partition coefficient (Wildman–Crippen LogP) is 2.60. The second-order valence-corrected chi connectivity index (χ2v) is 9.51. The van der Waals surface area contributed by atoms with Gasteiger partial charge in [-0.25, -0.2) is 9.59 Å². The van der Waals surface area contributed by atoms with E-state index >= 15 is 0 Å². The lowest BCUT2D eigenvalue weighted by atomic mass is 9.92. The molecule has 3 unspecified atom stereocenters. The average Bonchev–Trinajstić information content (AvgIpc) is 3.55. The van der Waals surface area contributed by atoms with Crippen LogP contribution < -0.4 is 5.32 Å². The molecule has 8 nitrogen and oxygen atoms in total. The normalized spacial score (nSPS) is 25.3. The highest BCUT2D eigenvalue weighted by atomic mass is 16.5. The largest absolute Gasteiger partial charge is 0.479 e. The molecule has 2 aromatic rings. The lowest BCUT2D eigenvalue weighted by Gasteiger charge is -2.36. The van der Waals surface area contributed by atoms with Crippen LogP contribution >= 0.6 is 0 Å². The van der Waals surface area contributed by atoms with E-state index < -0.39 is 17.7 Å². The number of amides is 2. The van der Waals surface area contributed by atoms with E-state index in [2.05, 4.69) is 29.6 Å². The van der Waals surface area contributed by atoms with Crippen LogP contribution in [0.25, 0.3) is 11.1 Å². The van der Waals surface area contributed by atoms with Crippen LogP contribution in [0.5, 0.6) is 0 Å². The highest BCUT2D eigenvalue weighted by Crippen LogP contribution is 2.44. The maximum atomic E-state index is 12.7. The standard InChI is InChI=1S/C26H28N2O6/c29-23(28-11-5-10-26(33,15-28)24(30)31)21-12-16(21)13-27-25(32)34-14-22-19-8-3-1-6-17(19)18-7-2-4-9-20(18)22/h1-4,6-9,16,21-22,33H,5,10-15H2,(H,27,32)(H,30,31). The number of piperidine rings is 1. The average molecular weight is 465 g/mol. The zero-order valence-electron chi connectivity index (χ0n) is 18.8. The molecule has 2 amide bonds.